The highest BCUT2D eigenvalue weighted by Crippen LogP contribution is 2.31. The molecule has 0 radical (unpaired) electrons. The largest absolute Gasteiger partial charge is 0.364 e. The first-order chi connectivity index (χ1) is 7.67. The molecule has 0 aromatic rings. The van der Waals surface area contributed by atoms with Gasteiger partial charge in [0.25, 0.3) is 0 Å². The molecule has 0 aliphatic carbocycles. The first kappa shape index (κ1) is 13.7. The van der Waals surface area contributed by atoms with Crippen LogP contribution in [-0.4, -0.2) is 38.7 Å². The van der Waals surface area contributed by atoms with E-state index >= 15 is 0 Å². The summed E-state index contributed by atoms with van der Waals surface area (Å²) < 4.78 is 6.19. The topological polar surface area (TPSA) is 12.5 Å². The smallest absolute Gasteiger partial charge is 0.104 e. The van der Waals surface area contributed by atoms with Gasteiger partial charge in [0.2, 0.25) is 0 Å². The van der Waals surface area contributed by atoms with Crippen LogP contribution in [0.3, 0.4) is 0 Å². The van der Waals surface area contributed by atoms with Crippen LogP contribution in [0.15, 0.2) is 25.3 Å². The average molecular weight is 239 g/mol. The second-order valence-corrected chi connectivity index (χ2v) is 8.00. The van der Waals surface area contributed by atoms with E-state index in [0.717, 1.165) is 19.7 Å². The maximum Gasteiger partial charge on any atom is 0.104 e. The van der Waals surface area contributed by atoms with Crippen molar-refractivity contribution in [3.63, 3.8) is 0 Å². The van der Waals surface area contributed by atoms with E-state index < -0.39 is 8.80 Å². The maximum atomic E-state index is 6.19. The number of hydrogen-bond acceptors (Lipinski definition) is 2. The Morgan fingerprint density at radius 2 is 1.88 bits per heavy atom. The van der Waals surface area contributed by atoms with E-state index in [1.807, 2.05) is 12.2 Å². The van der Waals surface area contributed by atoms with Crippen LogP contribution in [0.25, 0.3) is 0 Å². The summed E-state index contributed by atoms with van der Waals surface area (Å²) in [4.78, 5) is 2.42. The minimum atomic E-state index is -0.901. The Morgan fingerprint density at radius 3 is 2.25 bits per heavy atom. The van der Waals surface area contributed by atoms with Crippen molar-refractivity contribution in [1.82, 2.24) is 4.90 Å². The standard InChI is InChI=1S/C13H25NOSi/c1-5-10-14(11-6-2)13(16(3)4)9-7-8-12-15-13/h5-6,16H,1-2,7-12H2,3-4H3. The molecule has 3 heteroatoms. The summed E-state index contributed by atoms with van der Waals surface area (Å²) in [6, 6.07) is 0. The molecule has 16 heavy (non-hydrogen) atoms. The normalized spacial score (nSPS) is 26.0. The molecule has 1 saturated heterocycles. The van der Waals surface area contributed by atoms with E-state index in [1.54, 1.807) is 0 Å². The number of nitrogens with zero attached hydrogens (tertiary/aromatic N) is 1. The lowest BCUT2D eigenvalue weighted by Gasteiger charge is -2.48. The van der Waals surface area contributed by atoms with Gasteiger partial charge in [0, 0.05) is 19.7 Å². The zero-order valence-electron chi connectivity index (χ0n) is 10.7. The zero-order chi connectivity index (χ0) is 12.0. The average Bonchev–Trinajstić information content (AvgIpc) is 2.29. The third kappa shape index (κ3) is 2.84. The van der Waals surface area contributed by atoms with Gasteiger partial charge >= 0.3 is 0 Å². The molecule has 0 amide bonds. The highest BCUT2D eigenvalue weighted by Gasteiger charge is 2.41. The van der Waals surface area contributed by atoms with Crippen molar-refractivity contribution in [2.75, 3.05) is 19.7 Å². The van der Waals surface area contributed by atoms with E-state index in [9.17, 15) is 0 Å². The minimum absolute atomic E-state index is 0.0284. The van der Waals surface area contributed by atoms with Crippen molar-refractivity contribution in [3.8, 4) is 0 Å². The molecule has 1 aliphatic rings. The molecule has 1 atom stereocenters. The minimum Gasteiger partial charge on any atom is -0.364 e. The van der Waals surface area contributed by atoms with Crippen molar-refractivity contribution in [2.45, 2.75) is 37.7 Å². The summed E-state index contributed by atoms with van der Waals surface area (Å²) in [6.45, 7) is 15.2. The molecule has 1 rings (SSSR count). The Morgan fingerprint density at radius 1 is 1.25 bits per heavy atom. The summed E-state index contributed by atoms with van der Waals surface area (Å²) in [6.07, 6.45) is 7.62. The summed E-state index contributed by atoms with van der Waals surface area (Å²) >= 11 is 0. The molecule has 0 aromatic carbocycles. The number of ether oxygens (including phenoxy) is 1. The van der Waals surface area contributed by atoms with Crippen LogP contribution in [0.2, 0.25) is 13.1 Å². The van der Waals surface area contributed by atoms with Crippen LogP contribution in [0.1, 0.15) is 19.3 Å². The third-order valence-corrected chi connectivity index (χ3v) is 6.04. The van der Waals surface area contributed by atoms with Crippen LogP contribution >= 0.6 is 0 Å². The van der Waals surface area contributed by atoms with Gasteiger partial charge in [-0.2, -0.15) is 0 Å². The Balaban J connectivity index is 2.86. The zero-order valence-corrected chi connectivity index (χ0v) is 11.9. The fourth-order valence-corrected chi connectivity index (χ4v) is 4.74. The highest BCUT2D eigenvalue weighted by atomic mass is 28.3. The molecule has 1 heterocycles. The summed E-state index contributed by atoms with van der Waals surface area (Å²) in [5.41, 5.74) is 0. The van der Waals surface area contributed by atoms with Crippen LogP contribution in [0.4, 0.5) is 0 Å². The van der Waals surface area contributed by atoms with Gasteiger partial charge in [-0.05, 0) is 19.3 Å². The predicted molar refractivity (Wildman–Crippen MR) is 73.4 cm³/mol. The second-order valence-electron chi connectivity index (χ2n) is 4.79. The fourth-order valence-electron chi connectivity index (χ4n) is 2.57. The van der Waals surface area contributed by atoms with E-state index in [4.69, 9.17) is 4.74 Å². The van der Waals surface area contributed by atoms with Crippen molar-refractivity contribution in [1.29, 1.82) is 0 Å². The summed E-state index contributed by atoms with van der Waals surface area (Å²) in [5, 5.41) is 0.0284. The monoisotopic (exact) mass is 239 g/mol. The van der Waals surface area contributed by atoms with E-state index in [2.05, 4.69) is 31.2 Å². The van der Waals surface area contributed by atoms with E-state index in [0.29, 0.717) is 0 Å². The summed E-state index contributed by atoms with van der Waals surface area (Å²) in [5.74, 6) is 0. The molecular formula is C13H25NOSi. The van der Waals surface area contributed by atoms with Crippen LogP contribution in [-0.2, 0) is 4.74 Å². The first-order valence-electron chi connectivity index (χ1n) is 6.28. The highest BCUT2D eigenvalue weighted by molar-refractivity contribution is 6.59. The molecule has 0 saturated carbocycles. The van der Waals surface area contributed by atoms with Gasteiger partial charge in [-0.15, -0.1) is 13.2 Å². The summed E-state index contributed by atoms with van der Waals surface area (Å²) in [7, 11) is -0.901. The van der Waals surface area contributed by atoms with Gasteiger partial charge in [0.1, 0.15) is 5.35 Å². The van der Waals surface area contributed by atoms with Crippen molar-refractivity contribution >= 4 is 8.80 Å². The van der Waals surface area contributed by atoms with Gasteiger partial charge in [0.05, 0.1) is 8.80 Å². The quantitative estimate of drug-likeness (QED) is 0.522. The van der Waals surface area contributed by atoms with Gasteiger partial charge in [-0.1, -0.05) is 25.2 Å². The predicted octanol–water partition coefficient (Wildman–Crippen LogP) is 2.58. The van der Waals surface area contributed by atoms with Crippen LogP contribution < -0.4 is 0 Å². The Hall–Kier alpha value is -0.383. The molecule has 2 nitrogen and oxygen atoms in total. The second kappa shape index (κ2) is 6.38. The van der Waals surface area contributed by atoms with E-state index in [-0.39, 0.29) is 5.35 Å². The Bertz CT molecular complexity index is 224. The molecular weight excluding hydrogens is 214 g/mol. The van der Waals surface area contributed by atoms with Gasteiger partial charge in [-0.25, -0.2) is 0 Å². The van der Waals surface area contributed by atoms with Gasteiger partial charge in [-0.3, -0.25) is 4.90 Å². The molecule has 0 spiro atoms. The SMILES string of the molecule is C=CCN(CC=C)C1([SiH](C)C)CCCCO1. The fraction of sp³-hybridized carbons (Fsp3) is 0.692. The van der Waals surface area contributed by atoms with E-state index in [1.165, 1.54) is 19.3 Å². The Kier molecular flexibility index (Phi) is 5.45. The molecule has 0 N–H and O–H groups in total. The van der Waals surface area contributed by atoms with Crippen molar-refractivity contribution in [3.05, 3.63) is 25.3 Å². The Labute approximate surface area is 102 Å². The lowest BCUT2D eigenvalue weighted by molar-refractivity contribution is -0.118. The molecule has 92 valence electrons. The maximum absolute atomic E-state index is 6.19. The van der Waals surface area contributed by atoms with Crippen LogP contribution in [0.5, 0.6) is 0 Å². The van der Waals surface area contributed by atoms with Crippen molar-refractivity contribution in [2.24, 2.45) is 0 Å². The lowest BCUT2D eigenvalue weighted by atomic mass is 10.1. The van der Waals surface area contributed by atoms with Crippen molar-refractivity contribution < 1.29 is 4.74 Å². The number of hydrogen-bond donors (Lipinski definition) is 0. The molecule has 1 fully saturated rings. The molecule has 1 aliphatic heterocycles. The third-order valence-electron chi connectivity index (χ3n) is 3.42. The number of rotatable bonds is 6. The lowest BCUT2D eigenvalue weighted by Crippen LogP contribution is -2.60. The van der Waals surface area contributed by atoms with Gasteiger partial charge < -0.3 is 4.74 Å². The first-order valence-corrected chi connectivity index (χ1v) is 9.17. The molecule has 1 unspecified atom stereocenters. The molecule has 0 aromatic heterocycles. The molecule has 0 bridgehead atoms. The van der Waals surface area contributed by atoms with Crippen LogP contribution in [0, 0.1) is 0 Å². The van der Waals surface area contributed by atoms with Gasteiger partial charge in [0.15, 0.2) is 0 Å².